The van der Waals surface area contributed by atoms with Crippen LogP contribution in [0.1, 0.15) is 20.3 Å². The Hall–Kier alpha value is -1.65. The number of carbonyl (C=O) groups is 1. The number of carboxylic acids is 1. The van der Waals surface area contributed by atoms with E-state index >= 15 is 0 Å². The van der Waals surface area contributed by atoms with Crippen LogP contribution in [0.5, 0.6) is 0 Å². The number of nitrogens with zero attached hydrogens (tertiary/aromatic N) is 2. The highest BCUT2D eigenvalue weighted by Crippen LogP contribution is 2.20. The Morgan fingerprint density at radius 1 is 1.60 bits per heavy atom. The Bertz CT molecular complexity index is 409. The molecule has 0 amide bonds. The van der Waals surface area contributed by atoms with E-state index in [1.807, 2.05) is 0 Å². The van der Waals surface area contributed by atoms with E-state index < -0.39 is 11.4 Å². The van der Waals surface area contributed by atoms with Gasteiger partial charge in [0.1, 0.15) is 0 Å². The van der Waals surface area contributed by atoms with E-state index in [1.54, 1.807) is 19.9 Å². The van der Waals surface area contributed by atoms with Gasteiger partial charge in [-0.2, -0.15) is 5.10 Å². The Kier molecular flexibility index (Phi) is 3.24. The molecule has 1 heterocycles. The third kappa shape index (κ3) is 2.90. The summed E-state index contributed by atoms with van der Waals surface area (Å²) in [6, 6.07) is 2.96. The summed E-state index contributed by atoms with van der Waals surface area (Å²) in [6.45, 7) is 3.57. The lowest BCUT2D eigenvalue weighted by Crippen LogP contribution is -2.29. The molecule has 0 aliphatic rings. The van der Waals surface area contributed by atoms with E-state index in [9.17, 15) is 9.59 Å². The molecular formula is C10H14N2O3. The summed E-state index contributed by atoms with van der Waals surface area (Å²) in [4.78, 5) is 22.1. The number of aryl methyl sites for hydroxylation is 1. The van der Waals surface area contributed by atoms with Crippen molar-refractivity contribution in [1.82, 2.24) is 9.78 Å². The van der Waals surface area contributed by atoms with Gasteiger partial charge in [-0.05, 0) is 26.3 Å². The molecule has 0 atom stereocenters. The first-order valence-electron chi connectivity index (χ1n) is 4.69. The lowest BCUT2D eigenvalue weighted by Gasteiger charge is -2.18. The SMILES string of the molecule is CC(C)(CCn1ncccc1=O)C(=O)O. The predicted octanol–water partition coefficient (Wildman–Crippen LogP) is 0.744. The third-order valence-electron chi connectivity index (χ3n) is 2.31. The largest absolute Gasteiger partial charge is 0.481 e. The Morgan fingerprint density at radius 3 is 2.80 bits per heavy atom. The standard InChI is InChI=1S/C10H14N2O3/c1-10(2,9(14)15)5-7-12-8(13)4-3-6-11-12/h3-4,6H,5,7H2,1-2H3,(H,14,15). The molecule has 0 saturated carbocycles. The number of hydrogen-bond donors (Lipinski definition) is 1. The average Bonchev–Trinajstić information content (AvgIpc) is 2.16. The first-order chi connectivity index (χ1) is 6.93. The van der Waals surface area contributed by atoms with Gasteiger partial charge in [-0.15, -0.1) is 0 Å². The van der Waals surface area contributed by atoms with Gasteiger partial charge in [-0.3, -0.25) is 9.59 Å². The van der Waals surface area contributed by atoms with Crippen LogP contribution in [0.15, 0.2) is 23.1 Å². The molecule has 0 spiro atoms. The fourth-order valence-corrected chi connectivity index (χ4v) is 1.05. The first kappa shape index (κ1) is 11.4. The zero-order valence-corrected chi connectivity index (χ0v) is 8.80. The first-order valence-corrected chi connectivity index (χ1v) is 4.69. The summed E-state index contributed by atoms with van der Waals surface area (Å²) in [6.07, 6.45) is 1.88. The molecule has 0 saturated heterocycles. The maximum absolute atomic E-state index is 11.3. The monoisotopic (exact) mass is 210 g/mol. The molecule has 1 aromatic rings. The molecule has 15 heavy (non-hydrogen) atoms. The Morgan fingerprint density at radius 2 is 2.27 bits per heavy atom. The van der Waals surface area contributed by atoms with Crippen LogP contribution >= 0.6 is 0 Å². The molecule has 0 aromatic carbocycles. The van der Waals surface area contributed by atoms with Crippen LogP contribution < -0.4 is 5.56 Å². The Balaban J connectivity index is 2.70. The van der Waals surface area contributed by atoms with Crippen molar-refractivity contribution in [3.05, 3.63) is 28.7 Å². The van der Waals surface area contributed by atoms with Crippen molar-refractivity contribution in [3.8, 4) is 0 Å². The van der Waals surface area contributed by atoms with Gasteiger partial charge in [-0.1, -0.05) is 0 Å². The maximum Gasteiger partial charge on any atom is 0.309 e. The molecular weight excluding hydrogens is 196 g/mol. The second-order valence-corrected chi connectivity index (χ2v) is 4.02. The van der Waals surface area contributed by atoms with Crippen LogP contribution in [-0.4, -0.2) is 20.9 Å². The fraction of sp³-hybridized carbons (Fsp3) is 0.500. The number of aromatic nitrogens is 2. The summed E-state index contributed by atoms with van der Waals surface area (Å²) >= 11 is 0. The zero-order valence-electron chi connectivity index (χ0n) is 8.80. The lowest BCUT2D eigenvalue weighted by atomic mass is 9.90. The van der Waals surface area contributed by atoms with Crippen molar-refractivity contribution >= 4 is 5.97 Å². The molecule has 0 unspecified atom stereocenters. The van der Waals surface area contributed by atoms with Crippen LogP contribution in [0.4, 0.5) is 0 Å². The van der Waals surface area contributed by atoms with Gasteiger partial charge in [-0.25, -0.2) is 4.68 Å². The average molecular weight is 210 g/mol. The molecule has 0 bridgehead atoms. The van der Waals surface area contributed by atoms with Crippen molar-refractivity contribution in [2.24, 2.45) is 5.41 Å². The summed E-state index contributed by atoms with van der Waals surface area (Å²) < 4.78 is 1.27. The molecule has 0 fully saturated rings. The third-order valence-corrected chi connectivity index (χ3v) is 2.31. The van der Waals surface area contributed by atoms with Crippen LogP contribution in [-0.2, 0) is 11.3 Å². The summed E-state index contributed by atoms with van der Waals surface area (Å²) in [5.74, 6) is -0.869. The topological polar surface area (TPSA) is 72.2 Å². The van der Waals surface area contributed by atoms with Crippen molar-refractivity contribution in [1.29, 1.82) is 0 Å². The summed E-state index contributed by atoms with van der Waals surface area (Å²) in [5.41, 5.74) is -1.05. The van der Waals surface area contributed by atoms with Crippen LogP contribution in [0.25, 0.3) is 0 Å². The van der Waals surface area contributed by atoms with Crippen LogP contribution in [0.3, 0.4) is 0 Å². The number of aliphatic carboxylic acids is 1. The lowest BCUT2D eigenvalue weighted by molar-refractivity contribution is -0.147. The molecule has 1 N–H and O–H groups in total. The molecule has 0 radical (unpaired) electrons. The van der Waals surface area contributed by atoms with E-state index in [2.05, 4.69) is 5.10 Å². The number of hydrogen-bond acceptors (Lipinski definition) is 3. The molecule has 82 valence electrons. The highest BCUT2D eigenvalue weighted by Gasteiger charge is 2.26. The molecule has 1 aromatic heterocycles. The predicted molar refractivity (Wildman–Crippen MR) is 54.5 cm³/mol. The quantitative estimate of drug-likeness (QED) is 0.795. The van der Waals surface area contributed by atoms with Gasteiger partial charge >= 0.3 is 5.97 Å². The van der Waals surface area contributed by atoms with E-state index in [0.717, 1.165) is 0 Å². The van der Waals surface area contributed by atoms with Gasteiger partial charge in [0.2, 0.25) is 0 Å². The van der Waals surface area contributed by atoms with E-state index in [-0.39, 0.29) is 5.56 Å². The zero-order chi connectivity index (χ0) is 11.5. The van der Waals surface area contributed by atoms with Gasteiger partial charge in [0.05, 0.1) is 5.41 Å². The highest BCUT2D eigenvalue weighted by atomic mass is 16.4. The van der Waals surface area contributed by atoms with Gasteiger partial charge in [0.25, 0.3) is 5.56 Å². The fourth-order valence-electron chi connectivity index (χ4n) is 1.05. The minimum Gasteiger partial charge on any atom is -0.481 e. The van der Waals surface area contributed by atoms with E-state index in [1.165, 1.54) is 16.9 Å². The molecule has 0 aliphatic carbocycles. The van der Waals surface area contributed by atoms with E-state index in [0.29, 0.717) is 13.0 Å². The van der Waals surface area contributed by atoms with Crippen molar-refractivity contribution in [2.45, 2.75) is 26.8 Å². The Labute approximate surface area is 87.4 Å². The highest BCUT2D eigenvalue weighted by molar-refractivity contribution is 5.73. The van der Waals surface area contributed by atoms with Crippen molar-refractivity contribution < 1.29 is 9.90 Å². The minimum atomic E-state index is -0.869. The number of carboxylic acid groups (broad SMARTS) is 1. The van der Waals surface area contributed by atoms with Crippen molar-refractivity contribution in [2.75, 3.05) is 0 Å². The summed E-state index contributed by atoms with van der Waals surface area (Å²) in [7, 11) is 0. The van der Waals surface area contributed by atoms with Gasteiger partial charge in [0.15, 0.2) is 0 Å². The molecule has 0 aliphatic heterocycles. The number of rotatable bonds is 4. The van der Waals surface area contributed by atoms with Crippen LogP contribution in [0, 0.1) is 5.41 Å². The van der Waals surface area contributed by atoms with Gasteiger partial charge < -0.3 is 5.11 Å². The molecule has 5 heteroatoms. The second kappa shape index (κ2) is 4.25. The normalized spacial score (nSPS) is 11.3. The maximum atomic E-state index is 11.3. The smallest absolute Gasteiger partial charge is 0.309 e. The van der Waals surface area contributed by atoms with Crippen molar-refractivity contribution in [3.63, 3.8) is 0 Å². The van der Waals surface area contributed by atoms with Gasteiger partial charge in [0, 0.05) is 18.8 Å². The van der Waals surface area contributed by atoms with Crippen LogP contribution in [0.2, 0.25) is 0 Å². The second-order valence-electron chi connectivity index (χ2n) is 4.02. The van der Waals surface area contributed by atoms with E-state index in [4.69, 9.17) is 5.11 Å². The molecule has 5 nitrogen and oxygen atoms in total. The summed E-state index contributed by atoms with van der Waals surface area (Å²) in [5, 5.41) is 12.7. The molecule has 1 rings (SSSR count). The minimum absolute atomic E-state index is 0.210.